The van der Waals surface area contributed by atoms with Crippen molar-refractivity contribution in [2.45, 2.75) is 63.1 Å². The lowest BCUT2D eigenvalue weighted by molar-refractivity contribution is -0.154. The van der Waals surface area contributed by atoms with E-state index in [0.29, 0.717) is 42.2 Å². The number of aryl methyl sites for hydroxylation is 1. The Labute approximate surface area is 182 Å². The number of rotatable bonds is 1. The fourth-order valence-electron chi connectivity index (χ4n) is 5.62. The van der Waals surface area contributed by atoms with E-state index in [4.69, 9.17) is 9.47 Å². The number of ether oxygens (including phenoxy) is 2. The highest BCUT2D eigenvalue weighted by molar-refractivity contribution is 5.82. The molecule has 0 spiro atoms. The first kappa shape index (κ1) is 20.2. The van der Waals surface area contributed by atoms with Crippen molar-refractivity contribution in [3.05, 3.63) is 41.5 Å². The quantitative estimate of drug-likeness (QED) is 0.665. The minimum atomic E-state index is -0.166. The predicted octanol–water partition coefficient (Wildman–Crippen LogP) is 4.32. The summed E-state index contributed by atoms with van der Waals surface area (Å²) in [6.45, 7) is 0.980. The second-order valence-corrected chi connectivity index (χ2v) is 8.92. The zero-order chi connectivity index (χ0) is 21.5. The molecular weight excluding hydrogens is 394 g/mol. The van der Waals surface area contributed by atoms with Gasteiger partial charge in [-0.25, -0.2) is 0 Å². The van der Waals surface area contributed by atoms with E-state index in [1.807, 2.05) is 18.2 Å². The number of piperidine rings is 2. The van der Waals surface area contributed by atoms with Crippen molar-refractivity contribution in [3.63, 3.8) is 0 Å². The second kappa shape index (κ2) is 8.08. The van der Waals surface area contributed by atoms with Gasteiger partial charge in [-0.15, -0.1) is 0 Å². The Morgan fingerprint density at radius 1 is 1.10 bits per heavy atom. The Hall–Kier alpha value is -2.73. The van der Waals surface area contributed by atoms with Gasteiger partial charge in [0.25, 0.3) is 0 Å². The van der Waals surface area contributed by atoms with E-state index in [1.165, 1.54) is 13.5 Å². The fraction of sp³-hybridized carbons (Fsp3) is 0.480. The summed E-state index contributed by atoms with van der Waals surface area (Å²) in [7, 11) is 1.53. The van der Waals surface area contributed by atoms with Crippen LogP contribution in [-0.2, 0) is 16.0 Å². The molecule has 164 valence electrons. The Morgan fingerprint density at radius 2 is 1.97 bits per heavy atom. The third-order valence-electron chi connectivity index (χ3n) is 7.09. The largest absolute Gasteiger partial charge is 0.507 e. The SMILES string of the molecule is COc1ccc2c(c1O)-c1cc(ccc1O)CCC(=O)O[C@H]1C[C@H]3CCCCN3[C@@H]2C1. The predicted molar refractivity (Wildman–Crippen MR) is 116 cm³/mol. The number of benzene rings is 2. The van der Waals surface area contributed by atoms with Crippen molar-refractivity contribution in [3.8, 4) is 28.4 Å². The molecule has 6 nitrogen and oxygen atoms in total. The molecule has 2 aromatic rings. The highest BCUT2D eigenvalue weighted by atomic mass is 16.5. The molecular formula is C25H29NO5. The van der Waals surface area contributed by atoms with Crippen molar-refractivity contribution in [1.82, 2.24) is 4.90 Å². The Kier molecular flexibility index (Phi) is 5.26. The maximum absolute atomic E-state index is 12.6. The summed E-state index contributed by atoms with van der Waals surface area (Å²) >= 11 is 0. The van der Waals surface area contributed by atoms with E-state index < -0.39 is 0 Å². The molecule has 6 heteroatoms. The summed E-state index contributed by atoms with van der Waals surface area (Å²) in [6.07, 6.45) is 5.63. The van der Waals surface area contributed by atoms with Crippen LogP contribution in [0.4, 0.5) is 0 Å². The van der Waals surface area contributed by atoms with Crippen LogP contribution in [-0.4, -0.2) is 46.9 Å². The van der Waals surface area contributed by atoms with E-state index in [2.05, 4.69) is 4.90 Å². The van der Waals surface area contributed by atoms with Crippen LogP contribution in [0.1, 0.15) is 55.7 Å². The highest BCUT2D eigenvalue weighted by Crippen LogP contribution is 2.49. The van der Waals surface area contributed by atoms with Crippen molar-refractivity contribution in [2.75, 3.05) is 13.7 Å². The summed E-state index contributed by atoms with van der Waals surface area (Å²) in [6, 6.07) is 9.45. The number of nitrogens with zero attached hydrogens (tertiary/aromatic N) is 1. The molecule has 0 amide bonds. The summed E-state index contributed by atoms with van der Waals surface area (Å²) in [4.78, 5) is 15.1. The molecule has 3 aliphatic rings. The number of methoxy groups -OCH3 is 1. The molecule has 5 rings (SSSR count). The zero-order valence-corrected chi connectivity index (χ0v) is 17.8. The molecule has 31 heavy (non-hydrogen) atoms. The normalized spacial score (nSPS) is 26.0. The zero-order valence-electron chi connectivity index (χ0n) is 17.8. The number of aromatic hydroxyl groups is 2. The summed E-state index contributed by atoms with van der Waals surface area (Å²) in [5.74, 6) is 0.360. The number of phenolic OH excluding ortho intramolecular Hbond substituents is 2. The average Bonchev–Trinajstić information content (AvgIpc) is 2.77. The molecule has 0 unspecified atom stereocenters. The van der Waals surface area contributed by atoms with Crippen LogP contribution in [0, 0.1) is 0 Å². The van der Waals surface area contributed by atoms with Gasteiger partial charge in [0.15, 0.2) is 11.5 Å². The maximum atomic E-state index is 12.6. The van der Waals surface area contributed by atoms with Crippen molar-refractivity contribution >= 4 is 5.97 Å². The van der Waals surface area contributed by atoms with Gasteiger partial charge in [-0.2, -0.15) is 0 Å². The van der Waals surface area contributed by atoms with Gasteiger partial charge in [0, 0.05) is 42.5 Å². The third kappa shape index (κ3) is 3.63. The topological polar surface area (TPSA) is 79.2 Å². The van der Waals surface area contributed by atoms with Gasteiger partial charge in [0.2, 0.25) is 0 Å². The minimum Gasteiger partial charge on any atom is -0.507 e. The lowest BCUT2D eigenvalue weighted by atomic mass is 9.81. The van der Waals surface area contributed by atoms with Crippen LogP contribution in [0.25, 0.3) is 11.1 Å². The average molecular weight is 424 g/mol. The van der Waals surface area contributed by atoms with E-state index in [0.717, 1.165) is 36.9 Å². The fourth-order valence-corrected chi connectivity index (χ4v) is 5.62. The minimum absolute atomic E-state index is 0.00820. The van der Waals surface area contributed by atoms with Gasteiger partial charge in [0.1, 0.15) is 11.9 Å². The van der Waals surface area contributed by atoms with Crippen molar-refractivity contribution in [2.24, 2.45) is 0 Å². The maximum Gasteiger partial charge on any atom is 0.306 e. The van der Waals surface area contributed by atoms with E-state index in [9.17, 15) is 15.0 Å². The summed E-state index contributed by atoms with van der Waals surface area (Å²) in [5, 5.41) is 21.9. The van der Waals surface area contributed by atoms with E-state index >= 15 is 0 Å². The number of carbonyl (C=O) groups is 1. The van der Waals surface area contributed by atoms with Crippen LogP contribution >= 0.6 is 0 Å². The van der Waals surface area contributed by atoms with Gasteiger partial charge >= 0.3 is 5.97 Å². The molecule has 2 fully saturated rings. The molecule has 3 aliphatic heterocycles. The summed E-state index contributed by atoms with van der Waals surface area (Å²) in [5.41, 5.74) is 3.05. The molecule has 0 radical (unpaired) electrons. The standard InChI is InChI=1S/C25H29NO5/c1-30-22-9-7-18-20-14-17(13-16-4-2-3-11-26(16)20)31-23(28)10-6-15-5-8-21(27)19(12-15)24(18)25(22)29/h5,7-9,12,16-17,20,27,29H,2-4,6,10-11,13-14H2,1H3/t16-,17+,20-/m1/s1. The number of hydrogen-bond acceptors (Lipinski definition) is 6. The third-order valence-corrected chi connectivity index (χ3v) is 7.09. The van der Waals surface area contributed by atoms with Gasteiger partial charge in [-0.3, -0.25) is 9.69 Å². The van der Waals surface area contributed by atoms with Crippen LogP contribution in [0.5, 0.6) is 17.2 Å². The Morgan fingerprint density at radius 3 is 2.81 bits per heavy atom. The molecule has 0 aromatic heterocycles. The molecule has 3 atom stereocenters. The first-order chi connectivity index (χ1) is 15.0. The number of esters is 1. The van der Waals surface area contributed by atoms with E-state index in [-0.39, 0.29) is 29.6 Å². The van der Waals surface area contributed by atoms with E-state index in [1.54, 1.807) is 12.1 Å². The molecule has 3 heterocycles. The number of fused-ring (bicyclic) bond motifs is 9. The molecule has 0 saturated carbocycles. The number of phenols is 2. The highest BCUT2D eigenvalue weighted by Gasteiger charge is 2.40. The van der Waals surface area contributed by atoms with Gasteiger partial charge in [-0.05, 0) is 55.1 Å². The van der Waals surface area contributed by atoms with Crippen molar-refractivity contribution in [1.29, 1.82) is 0 Å². The Balaban J connectivity index is 1.73. The van der Waals surface area contributed by atoms with Crippen LogP contribution < -0.4 is 4.74 Å². The molecule has 2 aromatic carbocycles. The van der Waals surface area contributed by atoms with Gasteiger partial charge in [0.05, 0.1) is 7.11 Å². The number of carbonyl (C=O) groups excluding carboxylic acids is 1. The number of hydrogen-bond donors (Lipinski definition) is 2. The Bertz CT molecular complexity index is 1000. The summed E-state index contributed by atoms with van der Waals surface area (Å²) < 4.78 is 11.3. The molecule has 2 N–H and O–H groups in total. The van der Waals surface area contributed by atoms with Crippen molar-refractivity contribution < 1.29 is 24.5 Å². The van der Waals surface area contributed by atoms with Crippen LogP contribution in [0.15, 0.2) is 30.3 Å². The smallest absolute Gasteiger partial charge is 0.306 e. The monoisotopic (exact) mass is 423 g/mol. The lowest BCUT2D eigenvalue weighted by Gasteiger charge is -2.48. The first-order valence-electron chi connectivity index (χ1n) is 11.2. The van der Waals surface area contributed by atoms with Gasteiger partial charge in [-0.1, -0.05) is 18.6 Å². The van der Waals surface area contributed by atoms with Gasteiger partial charge < -0.3 is 19.7 Å². The second-order valence-electron chi connectivity index (χ2n) is 8.92. The molecule has 2 saturated heterocycles. The van der Waals surface area contributed by atoms with Crippen LogP contribution in [0.3, 0.4) is 0 Å². The lowest BCUT2D eigenvalue weighted by Crippen LogP contribution is -2.49. The van der Waals surface area contributed by atoms with Crippen LogP contribution in [0.2, 0.25) is 0 Å². The molecule has 4 bridgehead atoms. The molecule has 0 aliphatic carbocycles. The first-order valence-corrected chi connectivity index (χ1v) is 11.2.